The van der Waals surface area contributed by atoms with E-state index in [-0.39, 0.29) is 36.5 Å². The zero-order valence-corrected chi connectivity index (χ0v) is 44.7. The monoisotopic (exact) mass is 1040 g/mol. The molecular formula is C55H75N9O9S. The smallest absolute Gasteiger partial charge is 0.324 e. The van der Waals surface area contributed by atoms with Gasteiger partial charge in [0, 0.05) is 117 Å². The Morgan fingerprint density at radius 1 is 0.973 bits per heavy atom. The highest BCUT2D eigenvalue weighted by atomic mass is 32.1. The van der Waals surface area contributed by atoms with Gasteiger partial charge in [-0.3, -0.25) is 34.2 Å². The van der Waals surface area contributed by atoms with E-state index in [9.17, 15) is 9.59 Å². The van der Waals surface area contributed by atoms with Crippen molar-refractivity contribution in [1.82, 2.24) is 40.1 Å². The third-order valence-electron chi connectivity index (χ3n) is 16.3. The van der Waals surface area contributed by atoms with Gasteiger partial charge in [-0.15, -0.1) is 11.3 Å². The average Bonchev–Trinajstić information content (AvgIpc) is 4.09. The number of anilines is 1. The Labute approximate surface area is 438 Å². The zero-order valence-electron chi connectivity index (χ0n) is 43.9. The van der Waals surface area contributed by atoms with Gasteiger partial charge in [-0.1, -0.05) is 26.8 Å². The number of nitrogens with one attached hydrogen (secondary N) is 2. The number of esters is 1. The molecule has 6 aliphatic heterocycles. The van der Waals surface area contributed by atoms with E-state index < -0.39 is 35.6 Å². The zero-order chi connectivity index (χ0) is 51.1. The number of hydrogen-bond donors (Lipinski definition) is 2. The van der Waals surface area contributed by atoms with Crippen LogP contribution in [-0.4, -0.2) is 177 Å². The summed E-state index contributed by atoms with van der Waals surface area (Å²) in [6.07, 6.45) is 7.10. The Morgan fingerprint density at radius 2 is 1.76 bits per heavy atom. The van der Waals surface area contributed by atoms with Crippen molar-refractivity contribution in [2.75, 3.05) is 104 Å². The first-order valence-corrected chi connectivity index (χ1v) is 28.1. The van der Waals surface area contributed by atoms with E-state index in [1.165, 1.54) is 29.2 Å². The fourth-order valence-electron chi connectivity index (χ4n) is 11.8. The van der Waals surface area contributed by atoms with Gasteiger partial charge in [0.15, 0.2) is 0 Å². The van der Waals surface area contributed by atoms with Crippen LogP contribution in [0.15, 0.2) is 35.8 Å². The second-order valence-electron chi connectivity index (χ2n) is 22.3. The highest BCUT2D eigenvalue weighted by molar-refractivity contribution is 7.10. The van der Waals surface area contributed by atoms with E-state index in [0.717, 1.165) is 95.4 Å². The van der Waals surface area contributed by atoms with Gasteiger partial charge in [-0.05, 0) is 75.6 Å². The molecular weight excluding hydrogens is 963 g/mol. The number of aromatic nitrogens is 3. The van der Waals surface area contributed by atoms with Crippen molar-refractivity contribution in [1.29, 1.82) is 0 Å². The minimum Gasteiger partial charge on any atom is -0.464 e. The SMILES string of the molecule is CO[C@@H](C)c1ncc(N2CCN(C3CC3)CC2)cc1-c1c2c3cc(ccc3n1CCOC1CCOCC1)-c1csc(n1)[C@@H](N1CCOCC1)[C@H](NC(=O)[C@H]1OC[C@H]1C)C(=O)N1CCC[C@H](N1)C(=O)OCC(C)(C)C2. The number of fused-ring (bicyclic) bond motifs is 6. The Bertz CT molecular complexity index is 2650. The van der Waals surface area contributed by atoms with Gasteiger partial charge in [0.1, 0.15) is 23.2 Å². The van der Waals surface area contributed by atoms with Gasteiger partial charge >= 0.3 is 5.97 Å². The van der Waals surface area contributed by atoms with E-state index in [1.807, 2.05) is 13.1 Å². The number of carbonyl (C=O) groups is 3. The molecule has 5 saturated heterocycles. The first kappa shape index (κ1) is 51.5. The highest BCUT2D eigenvalue weighted by Gasteiger charge is 2.45. The van der Waals surface area contributed by atoms with Crippen LogP contribution >= 0.6 is 11.3 Å². The quantitative estimate of drug-likeness (QED) is 0.170. The number of methoxy groups -OCH3 is 1. The molecule has 4 aromatic rings. The van der Waals surface area contributed by atoms with Gasteiger partial charge in [-0.25, -0.2) is 10.4 Å². The van der Waals surface area contributed by atoms with Crippen molar-refractivity contribution in [2.45, 2.75) is 122 Å². The van der Waals surface area contributed by atoms with Crippen LogP contribution in [0, 0.1) is 11.3 Å². The van der Waals surface area contributed by atoms with Gasteiger partial charge in [0.2, 0.25) is 5.91 Å². The van der Waals surface area contributed by atoms with E-state index in [0.29, 0.717) is 90.1 Å². The van der Waals surface area contributed by atoms with Crippen LogP contribution in [0.4, 0.5) is 5.69 Å². The molecule has 6 fully saturated rings. The summed E-state index contributed by atoms with van der Waals surface area (Å²) in [7, 11) is 1.74. The predicted molar refractivity (Wildman–Crippen MR) is 281 cm³/mol. The Morgan fingerprint density at radius 3 is 2.49 bits per heavy atom. The predicted octanol–water partition coefficient (Wildman–Crippen LogP) is 5.53. The van der Waals surface area contributed by atoms with Gasteiger partial charge < -0.3 is 43.2 Å². The molecule has 6 bridgehead atoms. The number of cyclic esters (lactones) is 1. The first-order chi connectivity index (χ1) is 35.9. The highest BCUT2D eigenvalue weighted by Crippen LogP contribution is 2.44. The number of nitrogens with zero attached hydrogens (tertiary/aromatic N) is 7. The Kier molecular flexibility index (Phi) is 15.4. The van der Waals surface area contributed by atoms with Crippen LogP contribution in [0.25, 0.3) is 33.4 Å². The van der Waals surface area contributed by atoms with E-state index in [2.05, 4.69) is 80.4 Å². The maximum atomic E-state index is 15.1. The molecule has 1 aromatic carbocycles. The summed E-state index contributed by atoms with van der Waals surface area (Å²) in [6, 6.07) is 7.19. The molecule has 74 heavy (non-hydrogen) atoms. The van der Waals surface area contributed by atoms with E-state index >= 15 is 4.79 Å². The molecule has 2 N–H and O–H groups in total. The topological polar surface area (TPSA) is 174 Å². The molecule has 0 radical (unpaired) electrons. The number of carbonyl (C=O) groups excluding carboxylic acids is 3. The lowest BCUT2D eigenvalue weighted by molar-refractivity contribution is -0.163. The summed E-state index contributed by atoms with van der Waals surface area (Å²) in [5, 5.41) is 8.49. The Hall–Kier alpha value is -4.57. The molecule has 0 spiro atoms. The van der Waals surface area contributed by atoms with Gasteiger partial charge in [-0.2, -0.15) is 0 Å². The number of thiazole rings is 1. The third kappa shape index (κ3) is 10.9. The van der Waals surface area contributed by atoms with Crippen LogP contribution in [0.2, 0.25) is 0 Å². The van der Waals surface area contributed by atoms with Crippen LogP contribution < -0.4 is 15.6 Å². The van der Waals surface area contributed by atoms with Crippen molar-refractivity contribution in [2.24, 2.45) is 11.3 Å². The standard InChI is InChI=1S/C55H75N9O9S/c1-34-31-72-50(34)51(65)58-47-49(62-19-24-70-25-20-62)52-57-44(32-74-52)36-8-11-45-40(27-36)42(29-55(3,4)33-73-54(67)43-7-6-14-64(59-43)53(47)66)48(63(45)21-26-71-39-12-22-69-23-13-39)41-28-38(30-56-46(41)35(2)68-5)61-17-15-60(16-18-61)37-9-10-37/h8,11,27-28,30,32,34-35,37,39,43,47,49-50,59H,6-7,9-10,12-26,29,31,33H2,1-5H3,(H,58,65)/t34-,35+,43+,47+,49+,50+/m1/s1. The molecule has 11 rings (SSSR count). The minimum absolute atomic E-state index is 0.00627. The van der Waals surface area contributed by atoms with E-state index in [1.54, 1.807) is 7.11 Å². The van der Waals surface area contributed by atoms with Gasteiger partial charge in [0.25, 0.3) is 5.91 Å². The maximum Gasteiger partial charge on any atom is 0.324 e. The first-order valence-electron chi connectivity index (χ1n) is 27.2. The van der Waals surface area contributed by atoms with Crippen molar-refractivity contribution >= 4 is 45.7 Å². The summed E-state index contributed by atoms with van der Waals surface area (Å²) < 4.78 is 38.8. The number of amides is 2. The lowest BCUT2D eigenvalue weighted by Gasteiger charge is -2.42. The normalized spacial score (nSPS) is 27.1. The fraction of sp³-hybridized carbons (Fsp3) is 0.655. The lowest BCUT2D eigenvalue weighted by Crippen LogP contribution is -2.64. The van der Waals surface area contributed by atoms with Crippen LogP contribution in [0.5, 0.6) is 0 Å². The lowest BCUT2D eigenvalue weighted by atomic mass is 9.84. The number of morpholine rings is 1. The number of ether oxygens (including phenoxy) is 6. The largest absolute Gasteiger partial charge is 0.464 e. The number of benzene rings is 1. The number of rotatable bonds is 12. The van der Waals surface area contributed by atoms with Crippen molar-refractivity contribution in [3.8, 4) is 22.5 Å². The molecule has 19 heteroatoms. The molecule has 9 heterocycles. The molecule has 1 saturated carbocycles. The number of piperazine rings is 1. The van der Waals surface area contributed by atoms with E-state index in [4.69, 9.17) is 38.4 Å². The summed E-state index contributed by atoms with van der Waals surface area (Å²) in [4.78, 5) is 61.5. The summed E-state index contributed by atoms with van der Waals surface area (Å²) in [6.45, 7) is 17.7. The maximum absolute atomic E-state index is 15.1. The summed E-state index contributed by atoms with van der Waals surface area (Å²) in [5.74, 6) is -1.11. The van der Waals surface area contributed by atoms with Crippen molar-refractivity contribution < 1.29 is 42.8 Å². The number of hydrogen-bond acceptors (Lipinski definition) is 16. The average molecular weight is 1040 g/mol. The van der Waals surface area contributed by atoms with Crippen molar-refractivity contribution in [3.05, 3.63) is 52.1 Å². The van der Waals surface area contributed by atoms with Crippen LogP contribution in [-0.2, 0) is 55.8 Å². The molecule has 400 valence electrons. The number of pyridine rings is 1. The number of hydrazine groups is 1. The minimum atomic E-state index is -1.06. The Balaban J connectivity index is 1.06. The molecule has 6 atom stereocenters. The second kappa shape index (κ2) is 22.2. The second-order valence-corrected chi connectivity index (χ2v) is 23.2. The van der Waals surface area contributed by atoms with Crippen molar-refractivity contribution in [3.63, 3.8) is 0 Å². The molecule has 1 aliphatic carbocycles. The summed E-state index contributed by atoms with van der Waals surface area (Å²) in [5.41, 5.74) is 10.5. The molecule has 18 nitrogen and oxygen atoms in total. The van der Waals surface area contributed by atoms with Gasteiger partial charge in [0.05, 0.1) is 80.3 Å². The summed E-state index contributed by atoms with van der Waals surface area (Å²) >= 11 is 1.49. The van der Waals surface area contributed by atoms with Crippen LogP contribution in [0.3, 0.4) is 0 Å². The fourth-order valence-corrected chi connectivity index (χ4v) is 12.8. The molecule has 7 aliphatic rings. The van der Waals surface area contributed by atoms with Crippen LogP contribution in [0.1, 0.15) is 94.6 Å². The molecule has 0 unspecified atom stereocenters. The molecule has 2 amide bonds. The molecule has 3 aromatic heterocycles. The third-order valence-corrected chi connectivity index (χ3v) is 17.3.